The molecule has 0 amide bonds. The van der Waals surface area contributed by atoms with Crippen LogP contribution >= 0.6 is 0 Å². The number of aliphatic carboxylic acids is 1. The van der Waals surface area contributed by atoms with Crippen molar-refractivity contribution < 1.29 is 9.90 Å². The molecule has 0 spiro atoms. The van der Waals surface area contributed by atoms with Gasteiger partial charge in [-0.25, -0.2) is 0 Å². The molecule has 2 atom stereocenters. The van der Waals surface area contributed by atoms with Gasteiger partial charge in [0, 0.05) is 5.92 Å². The first-order valence-corrected chi connectivity index (χ1v) is 6.47. The van der Waals surface area contributed by atoms with Crippen LogP contribution in [-0.4, -0.2) is 11.1 Å². The molecule has 1 fully saturated rings. The molecular weight excluding hydrogens is 250 g/mol. The summed E-state index contributed by atoms with van der Waals surface area (Å²) in [5.41, 5.74) is 1.93. The highest BCUT2D eigenvalue weighted by Crippen LogP contribution is 2.59. The second-order valence-corrected chi connectivity index (χ2v) is 5.13. The lowest BCUT2D eigenvalue weighted by Gasteiger charge is -2.05. The van der Waals surface area contributed by atoms with Crippen molar-refractivity contribution in [3.63, 3.8) is 0 Å². The van der Waals surface area contributed by atoms with E-state index in [-0.39, 0.29) is 5.92 Å². The van der Waals surface area contributed by atoms with Crippen LogP contribution in [0.4, 0.5) is 0 Å². The lowest BCUT2D eigenvalue weighted by Crippen LogP contribution is -2.14. The molecule has 0 aromatic heterocycles. The smallest absolute Gasteiger partial charge is 0.324 e. The van der Waals surface area contributed by atoms with Crippen molar-refractivity contribution in [3.8, 4) is 17.2 Å². The van der Waals surface area contributed by atoms with E-state index in [1.807, 2.05) is 60.7 Å². The molecule has 98 valence electrons. The molecule has 3 heteroatoms. The molecule has 3 nitrogen and oxygen atoms in total. The molecule has 0 aliphatic heterocycles. The molecule has 0 saturated heterocycles. The van der Waals surface area contributed by atoms with Crippen LogP contribution in [0.2, 0.25) is 0 Å². The highest BCUT2D eigenvalue weighted by Gasteiger charge is 2.62. The maximum Gasteiger partial charge on any atom is 0.324 e. The Morgan fingerprint density at radius 3 is 2.20 bits per heavy atom. The zero-order valence-electron chi connectivity index (χ0n) is 10.8. The minimum atomic E-state index is -1.21. The van der Waals surface area contributed by atoms with Gasteiger partial charge in [0.2, 0.25) is 0 Å². The molecule has 3 rings (SSSR count). The van der Waals surface area contributed by atoms with E-state index in [0.717, 1.165) is 16.7 Å². The zero-order chi connectivity index (χ0) is 14.2. The summed E-state index contributed by atoms with van der Waals surface area (Å²) in [7, 11) is 0. The summed E-state index contributed by atoms with van der Waals surface area (Å²) in [5.74, 6) is -1.20. The van der Waals surface area contributed by atoms with Crippen molar-refractivity contribution in [3.05, 3.63) is 60.2 Å². The first-order valence-electron chi connectivity index (χ1n) is 6.47. The van der Waals surface area contributed by atoms with Crippen LogP contribution in [0.3, 0.4) is 0 Å². The van der Waals surface area contributed by atoms with E-state index < -0.39 is 11.4 Å². The predicted octanol–water partition coefficient (Wildman–Crippen LogP) is 3.44. The monoisotopic (exact) mass is 263 g/mol. The quantitative estimate of drug-likeness (QED) is 0.922. The van der Waals surface area contributed by atoms with E-state index in [1.165, 1.54) is 0 Å². The lowest BCUT2D eigenvalue weighted by atomic mass is 9.98. The van der Waals surface area contributed by atoms with Gasteiger partial charge in [-0.05, 0) is 23.1 Å². The van der Waals surface area contributed by atoms with Crippen molar-refractivity contribution >= 4 is 5.97 Å². The van der Waals surface area contributed by atoms with Gasteiger partial charge >= 0.3 is 5.97 Å². The third-order valence-electron chi connectivity index (χ3n) is 3.96. The maximum atomic E-state index is 11.2. The number of rotatable bonds is 3. The van der Waals surface area contributed by atoms with Crippen LogP contribution in [0, 0.1) is 16.7 Å². The molecule has 1 aliphatic rings. The average Bonchev–Trinajstić information content (AvgIpc) is 3.25. The van der Waals surface area contributed by atoms with Crippen LogP contribution in [0.5, 0.6) is 0 Å². The highest BCUT2D eigenvalue weighted by atomic mass is 16.4. The number of carboxylic acids is 1. The van der Waals surface area contributed by atoms with Gasteiger partial charge in [0.15, 0.2) is 5.41 Å². The van der Waals surface area contributed by atoms with Crippen molar-refractivity contribution in [1.82, 2.24) is 0 Å². The molecule has 1 saturated carbocycles. The third-order valence-corrected chi connectivity index (χ3v) is 3.96. The number of hydrogen-bond acceptors (Lipinski definition) is 2. The minimum Gasteiger partial charge on any atom is -0.480 e. The second kappa shape index (κ2) is 4.50. The van der Waals surface area contributed by atoms with Gasteiger partial charge in [0.25, 0.3) is 0 Å². The number of hydrogen-bond donors (Lipinski definition) is 1. The average molecular weight is 263 g/mol. The Hall–Kier alpha value is -2.60. The molecular formula is C17H13NO2. The molecule has 1 aliphatic carbocycles. The summed E-state index contributed by atoms with van der Waals surface area (Å²) in [6.07, 6.45) is 0.406. The standard InChI is InChI=1S/C17H13NO2/c18-11-17(16(19)20)10-15(17)14-8-6-13(7-9-14)12-4-2-1-3-5-12/h1-9,15H,10H2,(H,19,20). The molecule has 0 radical (unpaired) electrons. The number of carbonyl (C=O) groups is 1. The van der Waals surface area contributed by atoms with Crippen molar-refractivity contribution in [1.29, 1.82) is 5.26 Å². The third kappa shape index (κ3) is 1.86. The van der Waals surface area contributed by atoms with E-state index in [4.69, 9.17) is 10.4 Å². The van der Waals surface area contributed by atoms with Crippen LogP contribution in [0.25, 0.3) is 11.1 Å². The van der Waals surface area contributed by atoms with Gasteiger partial charge in [-0.15, -0.1) is 0 Å². The summed E-state index contributed by atoms with van der Waals surface area (Å²) in [4.78, 5) is 11.2. The molecule has 0 bridgehead atoms. The Labute approximate surface area is 117 Å². The number of nitrogens with zero attached hydrogens (tertiary/aromatic N) is 1. The predicted molar refractivity (Wildman–Crippen MR) is 74.9 cm³/mol. The molecule has 1 N–H and O–H groups in total. The Kier molecular flexibility index (Phi) is 2.80. The van der Waals surface area contributed by atoms with E-state index in [9.17, 15) is 4.79 Å². The largest absolute Gasteiger partial charge is 0.480 e. The van der Waals surface area contributed by atoms with Crippen molar-refractivity contribution in [2.24, 2.45) is 5.41 Å². The maximum absolute atomic E-state index is 11.2. The molecule has 2 aromatic carbocycles. The molecule has 0 heterocycles. The Bertz CT molecular complexity index is 685. The van der Waals surface area contributed by atoms with E-state index >= 15 is 0 Å². The minimum absolute atomic E-state index is 0.185. The fourth-order valence-electron chi connectivity index (χ4n) is 2.61. The van der Waals surface area contributed by atoms with Crippen LogP contribution in [0.15, 0.2) is 54.6 Å². The van der Waals surface area contributed by atoms with Crippen LogP contribution in [-0.2, 0) is 4.79 Å². The van der Waals surface area contributed by atoms with E-state index in [2.05, 4.69) is 0 Å². The van der Waals surface area contributed by atoms with E-state index in [0.29, 0.717) is 6.42 Å². The van der Waals surface area contributed by atoms with Crippen LogP contribution in [0.1, 0.15) is 17.9 Å². The van der Waals surface area contributed by atoms with Crippen molar-refractivity contribution in [2.75, 3.05) is 0 Å². The summed E-state index contributed by atoms with van der Waals surface area (Å²) >= 11 is 0. The Balaban J connectivity index is 1.86. The number of benzene rings is 2. The summed E-state index contributed by atoms with van der Waals surface area (Å²) < 4.78 is 0. The Morgan fingerprint density at radius 1 is 1.10 bits per heavy atom. The zero-order valence-corrected chi connectivity index (χ0v) is 10.8. The second-order valence-electron chi connectivity index (χ2n) is 5.13. The summed E-state index contributed by atoms with van der Waals surface area (Å²) in [6.45, 7) is 0. The lowest BCUT2D eigenvalue weighted by molar-refractivity contribution is -0.141. The molecule has 2 aromatic rings. The fraction of sp³-hybridized carbons (Fsp3) is 0.176. The van der Waals surface area contributed by atoms with Crippen molar-refractivity contribution in [2.45, 2.75) is 12.3 Å². The van der Waals surface area contributed by atoms with Gasteiger partial charge in [0.05, 0.1) is 6.07 Å². The van der Waals surface area contributed by atoms with Gasteiger partial charge in [-0.1, -0.05) is 54.6 Å². The van der Waals surface area contributed by atoms with E-state index in [1.54, 1.807) is 0 Å². The van der Waals surface area contributed by atoms with Crippen LogP contribution < -0.4 is 0 Å². The van der Waals surface area contributed by atoms with Gasteiger partial charge in [-0.3, -0.25) is 4.79 Å². The molecule has 2 unspecified atom stereocenters. The van der Waals surface area contributed by atoms with Gasteiger partial charge in [0.1, 0.15) is 0 Å². The highest BCUT2D eigenvalue weighted by molar-refractivity contribution is 5.84. The summed E-state index contributed by atoms with van der Waals surface area (Å²) in [6, 6.07) is 19.7. The van der Waals surface area contributed by atoms with Gasteiger partial charge in [-0.2, -0.15) is 5.26 Å². The topological polar surface area (TPSA) is 61.1 Å². The number of carboxylic acid groups (broad SMARTS) is 1. The summed E-state index contributed by atoms with van der Waals surface area (Å²) in [5, 5.41) is 18.2. The first-order chi connectivity index (χ1) is 9.67. The Morgan fingerprint density at radius 2 is 1.70 bits per heavy atom. The normalized spacial score (nSPS) is 23.9. The SMILES string of the molecule is N#CC1(C(=O)O)CC1c1ccc(-c2ccccc2)cc1. The fourth-order valence-corrected chi connectivity index (χ4v) is 2.61. The first kappa shape index (κ1) is 12.4. The molecule has 20 heavy (non-hydrogen) atoms. The number of nitriles is 1. The van der Waals surface area contributed by atoms with Gasteiger partial charge < -0.3 is 5.11 Å².